The van der Waals surface area contributed by atoms with E-state index in [1.165, 1.54) is 0 Å². The number of carboxylic acids is 1. The molecule has 2 aromatic heterocycles. The lowest BCUT2D eigenvalue weighted by molar-refractivity contribution is -0.138. The van der Waals surface area contributed by atoms with Gasteiger partial charge in [-0.3, -0.25) is 9.69 Å². The zero-order valence-corrected chi connectivity index (χ0v) is 16.4. The van der Waals surface area contributed by atoms with Gasteiger partial charge in [0.1, 0.15) is 11.6 Å². The number of aromatic hydroxyl groups is 1. The lowest BCUT2D eigenvalue weighted by atomic mass is 10.0. The van der Waals surface area contributed by atoms with E-state index >= 15 is 0 Å². The van der Waals surface area contributed by atoms with Crippen LogP contribution in [0.4, 0.5) is 5.82 Å². The molecule has 4 rings (SSSR count). The van der Waals surface area contributed by atoms with Crippen LogP contribution in [0.3, 0.4) is 0 Å². The van der Waals surface area contributed by atoms with Gasteiger partial charge < -0.3 is 15.5 Å². The first-order chi connectivity index (χ1) is 13.5. The SMILES string of the molecule is Cc1cc(N[C@@H]2CCCN(CC(=O)O)C2)nnc1-c1ccc2sccc2c1O. The zero-order valence-electron chi connectivity index (χ0n) is 15.6. The summed E-state index contributed by atoms with van der Waals surface area (Å²) >= 11 is 1.59. The van der Waals surface area contributed by atoms with Crippen molar-refractivity contribution in [3.63, 3.8) is 0 Å². The van der Waals surface area contributed by atoms with Crippen molar-refractivity contribution in [2.45, 2.75) is 25.8 Å². The Morgan fingerprint density at radius 2 is 2.21 bits per heavy atom. The van der Waals surface area contributed by atoms with Gasteiger partial charge in [0.25, 0.3) is 0 Å². The highest BCUT2D eigenvalue weighted by Gasteiger charge is 2.22. The van der Waals surface area contributed by atoms with E-state index in [0.717, 1.165) is 35.0 Å². The van der Waals surface area contributed by atoms with Gasteiger partial charge in [0, 0.05) is 28.2 Å². The van der Waals surface area contributed by atoms with E-state index in [-0.39, 0.29) is 18.3 Å². The maximum absolute atomic E-state index is 10.9. The Bertz CT molecular complexity index is 1020. The molecule has 1 aliphatic rings. The third-order valence-electron chi connectivity index (χ3n) is 5.06. The van der Waals surface area contributed by atoms with Gasteiger partial charge >= 0.3 is 5.97 Å². The fourth-order valence-corrected chi connectivity index (χ4v) is 4.55. The number of phenolic OH excluding ortho intramolecular Hbond substituents is 1. The Morgan fingerprint density at radius 3 is 3.00 bits per heavy atom. The Hall–Kier alpha value is -2.71. The number of hydrogen-bond acceptors (Lipinski definition) is 7. The molecule has 3 aromatic rings. The lowest BCUT2D eigenvalue weighted by Gasteiger charge is -2.32. The molecule has 3 heterocycles. The van der Waals surface area contributed by atoms with Crippen LogP contribution in [0, 0.1) is 6.92 Å². The second-order valence-electron chi connectivity index (χ2n) is 7.17. The Labute approximate surface area is 166 Å². The molecular weight excluding hydrogens is 376 g/mol. The number of nitrogens with zero attached hydrogens (tertiary/aromatic N) is 3. The molecular formula is C20H22N4O3S. The molecule has 1 atom stereocenters. The summed E-state index contributed by atoms with van der Waals surface area (Å²) in [6.07, 6.45) is 1.91. The van der Waals surface area contributed by atoms with E-state index in [9.17, 15) is 9.90 Å². The first-order valence-electron chi connectivity index (χ1n) is 9.26. The van der Waals surface area contributed by atoms with E-state index in [0.29, 0.717) is 23.6 Å². The van der Waals surface area contributed by atoms with E-state index < -0.39 is 5.97 Å². The third kappa shape index (κ3) is 3.79. The van der Waals surface area contributed by atoms with Gasteiger partial charge in [-0.05, 0) is 61.5 Å². The van der Waals surface area contributed by atoms with Gasteiger partial charge in [0.2, 0.25) is 0 Å². The number of phenols is 1. The minimum absolute atomic E-state index is 0.0617. The Morgan fingerprint density at radius 1 is 1.36 bits per heavy atom. The van der Waals surface area contributed by atoms with Gasteiger partial charge in [-0.1, -0.05) is 0 Å². The van der Waals surface area contributed by atoms with Crippen LogP contribution in [-0.2, 0) is 4.79 Å². The predicted molar refractivity (Wildman–Crippen MR) is 110 cm³/mol. The van der Waals surface area contributed by atoms with Crippen molar-refractivity contribution in [2.24, 2.45) is 0 Å². The molecule has 1 fully saturated rings. The smallest absolute Gasteiger partial charge is 0.317 e. The number of carbonyl (C=O) groups is 1. The molecule has 0 radical (unpaired) electrons. The summed E-state index contributed by atoms with van der Waals surface area (Å²) in [5.74, 6) is 0.0935. The first kappa shape index (κ1) is 18.6. The molecule has 28 heavy (non-hydrogen) atoms. The maximum atomic E-state index is 10.9. The van der Waals surface area contributed by atoms with E-state index in [2.05, 4.69) is 15.5 Å². The fraction of sp³-hybridized carbons (Fsp3) is 0.350. The predicted octanol–water partition coefficient (Wildman–Crippen LogP) is 3.33. The van der Waals surface area contributed by atoms with Crippen LogP contribution < -0.4 is 5.32 Å². The number of aromatic nitrogens is 2. The molecule has 1 aromatic carbocycles. The summed E-state index contributed by atoms with van der Waals surface area (Å²) in [7, 11) is 0. The summed E-state index contributed by atoms with van der Waals surface area (Å²) in [5, 5.41) is 34.4. The normalized spacial score (nSPS) is 17.7. The van der Waals surface area contributed by atoms with Crippen molar-refractivity contribution in [2.75, 3.05) is 25.0 Å². The van der Waals surface area contributed by atoms with Crippen molar-refractivity contribution in [1.29, 1.82) is 0 Å². The summed E-state index contributed by atoms with van der Waals surface area (Å²) in [4.78, 5) is 12.9. The van der Waals surface area contributed by atoms with Crippen LogP contribution in [0.25, 0.3) is 21.3 Å². The molecule has 8 heteroatoms. The van der Waals surface area contributed by atoms with Gasteiger partial charge in [-0.15, -0.1) is 21.5 Å². The van der Waals surface area contributed by atoms with Crippen molar-refractivity contribution >= 4 is 33.2 Å². The average molecular weight is 398 g/mol. The molecule has 0 unspecified atom stereocenters. The molecule has 1 aliphatic heterocycles. The number of rotatable bonds is 5. The second kappa shape index (κ2) is 7.73. The quantitative estimate of drug-likeness (QED) is 0.606. The van der Waals surface area contributed by atoms with Gasteiger partial charge in [0.05, 0.1) is 12.2 Å². The number of anilines is 1. The van der Waals surface area contributed by atoms with E-state index in [1.54, 1.807) is 11.3 Å². The summed E-state index contributed by atoms with van der Waals surface area (Å²) < 4.78 is 1.04. The van der Waals surface area contributed by atoms with Crippen molar-refractivity contribution in [1.82, 2.24) is 15.1 Å². The van der Waals surface area contributed by atoms with Crippen LogP contribution in [0.15, 0.2) is 29.6 Å². The number of benzene rings is 1. The highest BCUT2D eigenvalue weighted by molar-refractivity contribution is 7.17. The number of aliphatic carboxylic acids is 1. The second-order valence-corrected chi connectivity index (χ2v) is 8.12. The molecule has 0 aliphatic carbocycles. The monoisotopic (exact) mass is 398 g/mol. The van der Waals surface area contributed by atoms with Gasteiger partial charge in [0.15, 0.2) is 0 Å². The molecule has 0 saturated carbocycles. The van der Waals surface area contributed by atoms with Gasteiger partial charge in [-0.2, -0.15) is 0 Å². The highest BCUT2D eigenvalue weighted by atomic mass is 32.1. The van der Waals surface area contributed by atoms with Crippen molar-refractivity contribution < 1.29 is 15.0 Å². The number of fused-ring (bicyclic) bond motifs is 1. The van der Waals surface area contributed by atoms with E-state index in [1.807, 2.05) is 41.5 Å². The summed E-state index contributed by atoms with van der Waals surface area (Å²) in [6.45, 7) is 3.49. The molecule has 0 bridgehead atoms. The van der Waals surface area contributed by atoms with E-state index in [4.69, 9.17) is 5.11 Å². The van der Waals surface area contributed by atoms with Crippen molar-refractivity contribution in [3.05, 3.63) is 35.2 Å². The average Bonchev–Trinajstić information content (AvgIpc) is 3.12. The number of hydrogen-bond donors (Lipinski definition) is 3. The van der Waals surface area contributed by atoms with Crippen LogP contribution in [-0.4, -0.2) is 57.0 Å². The number of likely N-dealkylation sites (tertiary alicyclic amines) is 1. The Balaban J connectivity index is 1.53. The largest absolute Gasteiger partial charge is 0.507 e. The molecule has 0 spiro atoms. The number of aryl methyl sites for hydroxylation is 1. The number of carboxylic acid groups (broad SMARTS) is 1. The zero-order chi connectivity index (χ0) is 19.7. The minimum Gasteiger partial charge on any atom is -0.507 e. The maximum Gasteiger partial charge on any atom is 0.317 e. The summed E-state index contributed by atoms with van der Waals surface area (Å²) in [5.41, 5.74) is 2.25. The van der Waals surface area contributed by atoms with Crippen molar-refractivity contribution in [3.8, 4) is 17.0 Å². The molecule has 3 N–H and O–H groups in total. The third-order valence-corrected chi connectivity index (χ3v) is 5.94. The Kier molecular flexibility index (Phi) is 5.15. The molecule has 7 nitrogen and oxygen atoms in total. The highest BCUT2D eigenvalue weighted by Crippen LogP contribution is 2.38. The van der Waals surface area contributed by atoms with Gasteiger partial charge in [-0.25, -0.2) is 0 Å². The van der Waals surface area contributed by atoms with Crippen LogP contribution in [0.1, 0.15) is 18.4 Å². The number of piperidine rings is 1. The lowest BCUT2D eigenvalue weighted by Crippen LogP contribution is -2.44. The number of nitrogens with one attached hydrogen (secondary N) is 1. The van der Waals surface area contributed by atoms with Crippen LogP contribution >= 0.6 is 11.3 Å². The molecule has 0 amide bonds. The standard InChI is InChI=1S/C20H22N4O3S/c1-12-9-17(21-13-3-2-7-24(10-13)11-18(25)26)22-23-19(12)15-4-5-16-14(20(15)27)6-8-28-16/h4-6,8-9,13,27H,2-3,7,10-11H2,1H3,(H,21,22)(H,25,26)/t13-/m1/s1. The molecule has 1 saturated heterocycles. The molecule has 146 valence electrons. The summed E-state index contributed by atoms with van der Waals surface area (Å²) in [6, 6.07) is 7.84. The van der Waals surface area contributed by atoms with Crippen LogP contribution in [0.2, 0.25) is 0 Å². The topological polar surface area (TPSA) is 98.6 Å². The number of thiophene rings is 1. The fourth-order valence-electron chi connectivity index (χ4n) is 3.76. The van der Waals surface area contributed by atoms with Crippen LogP contribution in [0.5, 0.6) is 5.75 Å². The minimum atomic E-state index is -0.803. The first-order valence-corrected chi connectivity index (χ1v) is 10.1.